The minimum Gasteiger partial charge on any atom is -0.399 e. The van der Waals surface area contributed by atoms with Crippen molar-refractivity contribution in [2.45, 2.75) is 26.3 Å². The largest absolute Gasteiger partial charge is 0.399 e. The summed E-state index contributed by atoms with van der Waals surface area (Å²) in [4.78, 5) is 11.5. The van der Waals surface area contributed by atoms with Crippen molar-refractivity contribution in [3.05, 3.63) is 29.3 Å². The lowest BCUT2D eigenvalue weighted by molar-refractivity contribution is -0.121. The number of hydrogen-bond donors (Lipinski definition) is 2. The zero-order chi connectivity index (χ0) is 12.7. The van der Waals surface area contributed by atoms with E-state index in [-0.39, 0.29) is 5.91 Å². The van der Waals surface area contributed by atoms with Crippen LogP contribution in [-0.2, 0) is 16.1 Å². The van der Waals surface area contributed by atoms with E-state index in [4.69, 9.17) is 10.5 Å². The predicted molar refractivity (Wildman–Crippen MR) is 68.5 cm³/mol. The summed E-state index contributed by atoms with van der Waals surface area (Å²) in [6.45, 7) is 3.11. The van der Waals surface area contributed by atoms with Crippen LogP contribution in [0.3, 0.4) is 0 Å². The van der Waals surface area contributed by atoms with Crippen LogP contribution in [0.4, 0.5) is 5.69 Å². The molecule has 3 N–H and O–H groups in total. The fourth-order valence-corrected chi connectivity index (χ4v) is 1.55. The molecule has 1 aromatic rings. The summed E-state index contributed by atoms with van der Waals surface area (Å²) in [6, 6.07) is 5.73. The van der Waals surface area contributed by atoms with Gasteiger partial charge < -0.3 is 15.8 Å². The Balaban J connectivity index is 2.39. The molecule has 0 aromatic heterocycles. The Morgan fingerprint density at radius 2 is 2.24 bits per heavy atom. The average molecular weight is 236 g/mol. The quantitative estimate of drug-likeness (QED) is 0.582. The van der Waals surface area contributed by atoms with Crippen molar-refractivity contribution in [2.75, 3.05) is 19.5 Å². The molecule has 0 aliphatic heterocycles. The Kier molecular flexibility index (Phi) is 5.49. The summed E-state index contributed by atoms with van der Waals surface area (Å²) in [5.41, 5.74) is 8.65. The molecule has 4 nitrogen and oxygen atoms in total. The summed E-state index contributed by atoms with van der Waals surface area (Å²) in [5, 5.41) is 2.88. The van der Waals surface area contributed by atoms with Crippen LogP contribution in [0, 0.1) is 6.92 Å². The maximum atomic E-state index is 11.5. The van der Waals surface area contributed by atoms with E-state index in [9.17, 15) is 4.79 Å². The molecule has 1 rings (SSSR count). The van der Waals surface area contributed by atoms with Gasteiger partial charge in [0.05, 0.1) is 0 Å². The molecule has 0 aliphatic rings. The summed E-state index contributed by atoms with van der Waals surface area (Å²) in [5.74, 6) is 0.0453. The second-order valence-electron chi connectivity index (χ2n) is 4.00. The van der Waals surface area contributed by atoms with Crippen molar-refractivity contribution in [3.8, 4) is 0 Å². The van der Waals surface area contributed by atoms with Gasteiger partial charge in [0, 0.05) is 32.4 Å². The van der Waals surface area contributed by atoms with E-state index in [1.165, 1.54) is 0 Å². The molecule has 94 valence electrons. The Morgan fingerprint density at radius 3 is 2.94 bits per heavy atom. The summed E-state index contributed by atoms with van der Waals surface area (Å²) < 4.78 is 4.89. The highest BCUT2D eigenvalue weighted by Crippen LogP contribution is 2.14. The number of anilines is 1. The van der Waals surface area contributed by atoms with Crippen LogP contribution < -0.4 is 11.1 Å². The molecule has 4 heteroatoms. The third-order valence-corrected chi connectivity index (χ3v) is 2.72. The van der Waals surface area contributed by atoms with Crippen LogP contribution >= 0.6 is 0 Å². The molecular weight excluding hydrogens is 216 g/mol. The van der Waals surface area contributed by atoms with E-state index >= 15 is 0 Å². The van der Waals surface area contributed by atoms with Crippen LogP contribution in [0.1, 0.15) is 24.0 Å². The van der Waals surface area contributed by atoms with Crippen molar-refractivity contribution in [1.29, 1.82) is 0 Å². The first-order valence-corrected chi connectivity index (χ1v) is 5.74. The summed E-state index contributed by atoms with van der Waals surface area (Å²) >= 11 is 0. The summed E-state index contributed by atoms with van der Waals surface area (Å²) in [7, 11) is 1.63. The van der Waals surface area contributed by atoms with Crippen molar-refractivity contribution < 1.29 is 9.53 Å². The fourth-order valence-electron chi connectivity index (χ4n) is 1.55. The molecular formula is C13H20N2O2. The zero-order valence-electron chi connectivity index (χ0n) is 10.5. The van der Waals surface area contributed by atoms with E-state index < -0.39 is 0 Å². The van der Waals surface area contributed by atoms with Crippen LogP contribution in [0.2, 0.25) is 0 Å². The molecule has 1 aromatic carbocycles. The first-order valence-electron chi connectivity index (χ1n) is 5.74. The van der Waals surface area contributed by atoms with E-state index in [0.29, 0.717) is 19.6 Å². The fraction of sp³-hybridized carbons (Fsp3) is 0.462. The molecule has 0 unspecified atom stereocenters. The van der Waals surface area contributed by atoms with Crippen molar-refractivity contribution in [1.82, 2.24) is 5.32 Å². The third-order valence-electron chi connectivity index (χ3n) is 2.72. The van der Waals surface area contributed by atoms with E-state index in [2.05, 4.69) is 5.32 Å². The van der Waals surface area contributed by atoms with Crippen LogP contribution in [-0.4, -0.2) is 19.6 Å². The topological polar surface area (TPSA) is 64.3 Å². The second-order valence-corrected chi connectivity index (χ2v) is 4.00. The normalized spacial score (nSPS) is 10.2. The number of benzene rings is 1. The number of nitrogen functional groups attached to an aromatic ring is 1. The SMILES string of the molecule is COCCCC(=O)NCc1cccc(N)c1C. The van der Waals surface area contributed by atoms with Crippen LogP contribution in [0.25, 0.3) is 0 Å². The molecule has 1 amide bonds. The number of carbonyl (C=O) groups excluding carboxylic acids is 1. The lowest BCUT2D eigenvalue weighted by atomic mass is 10.1. The number of hydrogen-bond acceptors (Lipinski definition) is 3. The lowest BCUT2D eigenvalue weighted by Gasteiger charge is -2.09. The van der Waals surface area contributed by atoms with Gasteiger partial charge in [0.1, 0.15) is 0 Å². The highest BCUT2D eigenvalue weighted by molar-refractivity contribution is 5.75. The number of nitrogens with one attached hydrogen (secondary N) is 1. The maximum absolute atomic E-state index is 11.5. The molecule has 17 heavy (non-hydrogen) atoms. The van der Waals surface area contributed by atoms with Gasteiger partial charge in [-0.05, 0) is 30.5 Å². The molecule has 0 aliphatic carbocycles. The molecule has 0 heterocycles. The minimum atomic E-state index is 0.0453. The van der Waals surface area contributed by atoms with Gasteiger partial charge in [0.25, 0.3) is 0 Å². The van der Waals surface area contributed by atoms with Crippen LogP contribution in [0.15, 0.2) is 18.2 Å². The Hall–Kier alpha value is -1.55. The molecule has 0 fully saturated rings. The van der Waals surface area contributed by atoms with Gasteiger partial charge in [0.15, 0.2) is 0 Å². The Morgan fingerprint density at radius 1 is 1.47 bits per heavy atom. The van der Waals surface area contributed by atoms with Gasteiger partial charge in [0.2, 0.25) is 5.91 Å². The minimum absolute atomic E-state index is 0.0453. The number of rotatable bonds is 6. The highest BCUT2D eigenvalue weighted by atomic mass is 16.5. The van der Waals surface area contributed by atoms with Gasteiger partial charge in [-0.2, -0.15) is 0 Å². The molecule has 0 atom stereocenters. The van der Waals surface area contributed by atoms with Gasteiger partial charge in [-0.15, -0.1) is 0 Å². The van der Waals surface area contributed by atoms with Gasteiger partial charge in [-0.25, -0.2) is 0 Å². The first-order chi connectivity index (χ1) is 8.15. The number of methoxy groups -OCH3 is 1. The Bertz CT molecular complexity index is 378. The number of ether oxygens (including phenoxy) is 1. The van der Waals surface area contributed by atoms with Crippen LogP contribution in [0.5, 0.6) is 0 Å². The lowest BCUT2D eigenvalue weighted by Crippen LogP contribution is -2.23. The summed E-state index contributed by atoms with van der Waals surface area (Å²) in [6.07, 6.45) is 1.24. The average Bonchev–Trinajstić information content (AvgIpc) is 2.31. The van der Waals surface area contributed by atoms with Gasteiger partial charge in [-0.1, -0.05) is 12.1 Å². The molecule has 0 bridgehead atoms. The highest BCUT2D eigenvalue weighted by Gasteiger charge is 2.04. The predicted octanol–water partition coefficient (Wildman–Crippen LogP) is 1.62. The van der Waals surface area contributed by atoms with Crippen molar-refractivity contribution >= 4 is 11.6 Å². The molecule has 0 saturated heterocycles. The molecule has 0 saturated carbocycles. The van der Waals surface area contributed by atoms with E-state index in [1.807, 2.05) is 25.1 Å². The molecule has 0 spiro atoms. The van der Waals surface area contributed by atoms with Gasteiger partial charge >= 0.3 is 0 Å². The standard InChI is InChI=1S/C13H20N2O2/c1-10-11(5-3-6-12(10)14)9-15-13(16)7-4-8-17-2/h3,5-6H,4,7-9,14H2,1-2H3,(H,15,16). The van der Waals surface area contributed by atoms with Crippen molar-refractivity contribution in [3.63, 3.8) is 0 Å². The van der Waals surface area contributed by atoms with Gasteiger partial charge in [-0.3, -0.25) is 4.79 Å². The monoisotopic (exact) mass is 236 g/mol. The molecule has 0 radical (unpaired) electrons. The smallest absolute Gasteiger partial charge is 0.220 e. The first kappa shape index (κ1) is 13.5. The maximum Gasteiger partial charge on any atom is 0.220 e. The zero-order valence-corrected chi connectivity index (χ0v) is 10.5. The van der Waals surface area contributed by atoms with E-state index in [1.54, 1.807) is 7.11 Å². The van der Waals surface area contributed by atoms with E-state index in [0.717, 1.165) is 23.2 Å². The number of carbonyl (C=O) groups is 1. The third kappa shape index (κ3) is 4.44. The Labute approximate surface area is 102 Å². The van der Waals surface area contributed by atoms with Crippen molar-refractivity contribution in [2.24, 2.45) is 0 Å². The number of nitrogens with two attached hydrogens (primary N) is 1. The second kappa shape index (κ2) is 6.91. The number of amides is 1.